The van der Waals surface area contributed by atoms with Crippen LogP contribution in [0.3, 0.4) is 0 Å². The molecule has 0 aliphatic carbocycles. The quantitative estimate of drug-likeness (QED) is 0.0634. The first kappa shape index (κ1) is 38.1. The van der Waals surface area contributed by atoms with Gasteiger partial charge in [-0.3, -0.25) is 48.5 Å². The van der Waals surface area contributed by atoms with Gasteiger partial charge in [-0.2, -0.15) is 0 Å². The molecule has 10 aliphatic heterocycles. The molecule has 5 aromatic rings. The second-order valence-electron chi connectivity index (χ2n) is 27.7. The van der Waals surface area contributed by atoms with Crippen molar-refractivity contribution in [1.29, 1.82) is 0 Å². The summed E-state index contributed by atoms with van der Waals surface area (Å²) in [5.41, 5.74) is -7.26. The summed E-state index contributed by atoms with van der Waals surface area (Å²) < 4.78 is 600. The molecule has 10 aliphatic rings. The lowest BCUT2D eigenvalue weighted by molar-refractivity contribution is -0.130. The van der Waals surface area contributed by atoms with Gasteiger partial charge in [0.2, 0.25) is 0 Å². The maximum Gasteiger partial charge on any atom is 0.161 e. The van der Waals surface area contributed by atoms with Crippen molar-refractivity contribution in [3.63, 3.8) is 0 Å². The van der Waals surface area contributed by atoms with Gasteiger partial charge >= 0.3 is 0 Å². The zero-order valence-corrected chi connectivity index (χ0v) is 67.9. The Balaban J connectivity index is 0.000000211. The van der Waals surface area contributed by atoms with Crippen LogP contribution in [0.15, 0.2) is 60.5 Å². The number of ketones is 5. The van der Waals surface area contributed by atoms with E-state index < -0.39 is 408 Å². The number of ether oxygens (including phenoxy) is 10. The Kier molecular flexibility index (Phi) is 13.4. The largest absolute Gasteiger partial charge is 0.493 e. The highest BCUT2D eigenvalue weighted by molar-refractivity contribution is 5.86. The van der Waals surface area contributed by atoms with Gasteiger partial charge in [0.15, 0.2) is 57.5 Å². The third kappa shape index (κ3) is 21.0. The fraction of sp³-hybridized carbons (Fsp3) is 0.639. The minimum absolute atomic E-state index is 0.0386. The van der Waals surface area contributed by atoms with E-state index >= 15 is 0 Å². The zero-order chi connectivity index (χ0) is 141. The van der Waals surface area contributed by atoms with Gasteiger partial charge in [0.1, 0.15) is 28.9 Å². The average Bonchev–Trinajstić information content (AvgIpc) is 0.661. The minimum atomic E-state index is -4.14. The van der Waals surface area contributed by atoms with Crippen molar-refractivity contribution in [3.05, 3.63) is 116 Å². The highest BCUT2D eigenvalue weighted by atomic mass is 16.5. The number of nitrogens with zero attached hydrogens (tertiary/aromatic N) is 5. The second-order valence-corrected chi connectivity index (χ2v) is 27.7. The number of Topliss-reactive ketones (excluding diaryl/α,β-unsaturated/α-hetero) is 5. The number of carbonyl (C=O) groups is 5. The van der Waals surface area contributed by atoms with E-state index in [0.717, 1.165) is 42.7 Å². The first-order chi connectivity index (χ1) is 80.7. The molecule has 0 bridgehead atoms. The molecule has 5 fully saturated rings. The predicted octanol–water partition coefficient (Wildman–Crippen LogP) is 17.0. The Morgan fingerprint density at radius 3 is 1.10 bits per heavy atom. The van der Waals surface area contributed by atoms with Crippen molar-refractivity contribution >= 4 is 28.9 Å². The second kappa shape index (κ2) is 41.0. The average molecular weight is 1680 g/mol. The van der Waals surface area contributed by atoms with Crippen molar-refractivity contribution < 1.29 is 159 Å². The molecule has 15 rings (SSSR count). The van der Waals surface area contributed by atoms with E-state index in [-0.39, 0.29) is 73.5 Å². The molecule has 0 radical (unpaired) electrons. The predicted molar refractivity (Wildman–Crippen MR) is 460 cm³/mol. The Hall–Kier alpha value is -7.75. The fourth-order valence-electron chi connectivity index (χ4n) is 12.8. The number of hydrogen-bond acceptors (Lipinski definition) is 20. The number of carbonyl (C=O) groups excluding carboxylic acids is 5. The summed E-state index contributed by atoms with van der Waals surface area (Å²) in [7, 11) is 11.4. The lowest BCUT2D eigenvalue weighted by atomic mass is 9.79. The van der Waals surface area contributed by atoms with E-state index in [1.807, 2.05) is 0 Å². The fourth-order valence-corrected chi connectivity index (χ4v) is 12.8. The van der Waals surface area contributed by atoms with Crippen molar-refractivity contribution in [2.45, 2.75) is 208 Å². The highest BCUT2D eigenvalue weighted by Crippen LogP contribution is 2.49. The molecule has 5 aromatic carbocycles. The molecular formula is C97H139N5O15. The molecule has 10 heterocycles. The summed E-state index contributed by atoms with van der Waals surface area (Å²) in [5.74, 6) is -32.1. The van der Waals surface area contributed by atoms with E-state index in [4.69, 9.17) is 131 Å². The Labute approximate surface area is 789 Å². The van der Waals surface area contributed by atoms with Crippen molar-refractivity contribution in [1.82, 2.24) is 24.5 Å². The van der Waals surface area contributed by atoms with Crippen LogP contribution in [0.1, 0.15) is 319 Å². The Morgan fingerprint density at radius 1 is 0.376 bits per heavy atom. The van der Waals surface area contributed by atoms with Crippen LogP contribution in [0.5, 0.6) is 57.5 Å². The van der Waals surface area contributed by atoms with Gasteiger partial charge < -0.3 is 47.4 Å². The maximum atomic E-state index is 13.9. The summed E-state index contributed by atoms with van der Waals surface area (Å²) in [5, 5.41) is 0. The number of hydrogen-bond donors (Lipinski definition) is 0. The number of piperidine rings is 5. The molecule has 0 aromatic heterocycles. The van der Waals surface area contributed by atoms with Crippen LogP contribution in [-0.4, -0.2) is 190 Å². The van der Waals surface area contributed by atoms with E-state index in [9.17, 15) is 28.1 Å². The molecule has 5 saturated heterocycles. The normalized spacial score (nSPS) is 45.7. The number of aryl methyl sites for hydroxylation is 1. The van der Waals surface area contributed by atoms with Crippen LogP contribution in [0.2, 0.25) is 0 Å². The summed E-state index contributed by atoms with van der Waals surface area (Å²) in [6.07, 6.45) is -43.4. The van der Waals surface area contributed by atoms with Crippen LogP contribution < -0.4 is 47.4 Å². The number of rotatable bonds is 22. The molecular weight excluding hydrogens is 1480 g/mol. The standard InChI is InChI=1S/2C20H29NO3.3C19H27NO3/c2*1-5-13(2)8-15-12-21-7-6-14-9-19(23-3)20(24-4)10-16(14)17(21)11-18(15)22;3*1-12(2)7-14-11-20-6-5-13-8-18(22-3)19(23-4)9-15(13)16(20)10-17(14)21/h2*9-10,13,15,17H,5-8,11-12H2,1-4H3;3*8-9,12,14,16H,5-7,10-11H2,1-4H3/i2D3,5D2,6D2,7D2,8D2,9D,10D,11D2,13D,15D,17D;2D3,5D2,6D2,7D2,8D2,9D,10D,12D2,13D,17D;5D2,6D2,8D,9D,10D2,11D2,14D,16D;5D2,6D2,8D,9D,11D2,16D;5D2,6D2,10D2,14D,16D. The molecule has 12 atom stereocenters. The van der Waals surface area contributed by atoms with E-state index in [2.05, 4.69) is 0 Å². The lowest BCUT2D eigenvalue weighted by Crippen LogP contribution is -2.46. The first-order valence-electron chi connectivity index (χ1n) is 68.7. The van der Waals surface area contributed by atoms with Gasteiger partial charge in [-0.25, -0.2) is 0 Å². The van der Waals surface area contributed by atoms with Crippen LogP contribution in [0, 0.1) is 59.1 Å². The molecule has 642 valence electrons. The SMILES string of the molecule is [2H]C1(CC(C)C)CN2C([2H])([2H])C([2H])([2H])c3cc(OC)c(OC)cc3C2([2H])C([2H])([2H])C1=O.[2H]c1c(OC)c(OC)c([2H])c2c1C([2H])([2H])C([2H])([2H])N1C([2H])([2H])C([2H])(CC(C)C)C(=O)C([2H])([2H])C21[2H].[2H]c1c(OC)c(OC)c([2H])c2c1C([2H])([2H])C([2H])([2H])N1CC([2H])(C([2H])([2H])C([2H])(C([2H])([2H])[2H])C([2H])([2H])C)C(=O)C([2H])([2H])C21[2H].[2H]c1c(OC)c(OC)c([2H])c2c1C1([2H])CC(=O)C(C([2H])([2H])C([2H])(C([2H])([2H])[2H])C([2H])([2H])C)C([2H])([2H])N1C([2H])([2H])C2([2H])[2H].[2H]c1c(OC)c(OC)c([2H])c2c1C1([2H])CC(=O)C(CC(C)C)C([2H])([2H])N1C([2H])([2H])C2([2H])[2H]. The van der Waals surface area contributed by atoms with Gasteiger partial charge in [0.25, 0.3) is 0 Å². The topological polar surface area (TPSA) is 194 Å². The molecule has 0 amide bonds. The van der Waals surface area contributed by atoms with Crippen molar-refractivity contribution in [2.24, 2.45) is 59.1 Å². The van der Waals surface area contributed by atoms with Crippen LogP contribution in [-0.2, 0) is 55.8 Å². The van der Waals surface area contributed by atoms with E-state index in [1.165, 1.54) is 40.6 Å². The minimum Gasteiger partial charge on any atom is -0.493 e. The van der Waals surface area contributed by atoms with Crippen LogP contribution in [0.4, 0.5) is 0 Å². The zero-order valence-electron chi connectivity index (χ0n) is 132. The van der Waals surface area contributed by atoms with Crippen molar-refractivity contribution in [3.8, 4) is 57.5 Å². The molecule has 20 nitrogen and oxygen atoms in total. The summed E-state index contributed by atoms with van der Waals surface area (Å²) in [4.78, 5) is 68.4. The van der Waals surface area contributed by atoms with Gasteiger partial charge in [0, 0.05) is 227 Å². The van der Waals surface area contributed by atoms with Crippen molar-refractivity contribution in [2.75, 3.05) is 136 Å². The molecule has 0 spiro atoms. The summed E-state index contributed by atoms with van der Waals surface area (Å²) >= 11 is 0. The number of benzene rings is 5. The van der Waals surface area contributed by atoms with Gasteiger partial charge in [-0.15, -0.1) is 0 Å². The third-order valence-corrected chi connectivity index (χ3v) is 18.5. The third-order valence-electron chi connectivity index (χ3n) is 18.5. The van der Waals surface area contributed by atoms with Crippen LogP contribution >= 0.6 is 0 Å². The summed E-state index contributed by atoms with van der Waals surface area (Å²) in [6.45, 7) is -25.5. The first-order valence-corrected chi connectivity index (χ1v) is 36.7. The summed E-state index contributed by atoms with van der Waals surface area (Å²) in [6, 6.07) is -19.0. The lowest BCUT2D eigenvalue weighted by Gasteiger charge is -2.43. The van der Waals surface area contributed by atoms with Gasteiger partial charge in [-0.1, -0.05) is 81.8 Å². The molecule has 117 heavy (non-hydrogen) atoms. The van der Waals surface area contributed by atoms with Gasteiger partial charge in [0.05, 0.1) is 88.9 Å². The maximum absolute atomic E-state index is 13.9. The Morgan fingerprint density at radius 2 is 0.692 bits per heavy atom. The molecule has 0 saturated carbocycles. The van der Waals surface area contributed by atoms with Crippen LogP contribution in [0.25, 0.3) is 0 Å². The Bertz CT molecular complexity index is 7540. The monoisotopic (exact) mass is 1680 g/mol. The van der Waals surface area contributed by atoms with E-state index in [0.29, 0.717) is 23.6 Å². The number of methoxy groups -OCH3 is 10. The highest BCUT2D eigenvalue weighted by Gasteiger charge is 2.45. The van der Waals surface area contributed by atoms with E-state index in [1.54, 1.807) is 41.5 Å². The smallest absolute Gasteiger partial charge is 0.161 e. The van der Waals surface area contributed by atoms with Gasteiger partial charge in [-0.05, 0) is 210 Å². The molecule has 12 unspecified atom stereocenters. The number of fused-ring (bicyclic) bond motifs is 15. The molecule has 0 N–H and O–H groups in total. The molecule has 20 heteroatoms.